The van der Waals surface area contributed by atoms with Crippen LogP contribution in [0, 0.1) is 0 Å². The van der Waals surface area contributed by atoms with Gasteiger partial charge in [-0.05, 0) is 43.2 Å². The van der Waals surface area contributed by atoms with Crippen LogP contribution >= 0.6 is 15.9 Å². The summed E-state index contributed by atoms with van der Waals surface area (Å²) < 4.78 is 0.899. The molecule has 2 amide bonds. The van der Waals surface area contributed by atoms with Crippen LogP contribution in [0.25, 0.3) is 0 Å². The Hall–Kier alpha value is -2.47. The number of nitrogens with one attached hydrogen (secondary N) is 2. The molecule has 0 aliphatic rings. The van der Waals surface area contributed by atoms with Crippen LogP contribution in [0.3, 0.4) is 0 Å². The Bertz CT molecular complexity index is 743. The molecule has 2 rings (SSSR count). The standard InChI is InChI=1S/C19H20BrN3O2/c1-14(22-23-19(25)16-7-9-17(20)10-8-16)13-18(24)21-12-11-15-5-3-2-4-6-15/h2-10H,11-13H2,1H3,(H,21,24)(H,23,25)/b22-14+. The van der Waals surface area contributed by atoms with Crippen molar-refractivity contribution in [1.29, 1.82) is 0 Å². The third-order valence-corrected chi connectivity index (χ3v) is 3.98. The number of rotatable bonds is 7. The van der Waals surface area contributed by atoms with Crippen LogP contribution in [0.4, 0.5) is 0 Å². The van der Waals surface area contributed by atoms with Crippen LogP contribution in [0.2, 0.25) is 0 Å². The first-order valence-electron chi connectivity index (χ1n) is 7.94. The molecule has 0 bridgehead atoms. The minimum atomic E-state index is -0.309. The van der Waals surface area contributed by atoms with Gasteiger partial charge in [0.25, 0.3) is 5.91 Å². The number of carbonyl (C=O) groups is 2. The molecular weight excluding hydrogens is 382 g/mol. The van der Waals surface area contributed by atoms with Crippen LogP contribution in [0.15, 0.2) is 64.2 Å². The van der Waals surface area contributed by atoms with Gasteiger partial charge in [-0.2, -0.15) is 5.10 Å². The SMILES string of the molecule is C/C(CC(=O)NCCc1ccccc1)=N\NC(=O)c1ccc(Br)cc1. The second-order valence-corrected chi connectivity index (χ2v) is 6.47. The molecule has 2 aromatic carbocycles. The van der Waals surface area contributed by atoms with Crippen molar-refractivity contribution in [2.24, 2.45) is 5.10 Å². The summed E-state index contributed by atoms with van der Waals surface area (Å²) in [5.74, 6) is -0.425. The van der Waals surface area contributed by atoms with Gasteiger partial charge in [0, 0.05) is 22.3 Å². The van der Waals surface area contributed by atoms with Crippen molar-refractivity contribution in [3.63, 3.8) is 0 Å². The smallest absolute Gasteiger partial charge is 0.271 e. The van der Waals surface area contributed by atoms with E-state index < -0.39 is 0 Å². The summed E-state index contributed by atoms with van der Waals surface area (Å²) in [6, 6.07) is 16.9. The highest BCUT2D eigenvalue weighted by atomic mass is 79.9. The lowest BCUT2D eigenvalue weighted by atomic mass is 10.1. The number of halogens is 1. The molecule has 5 nitrogen and oxygen atoms in total. The van der Waals surface area contributed by atoms with Crippen molar-refractivity contribution in [2.75, 3.05) is 6.54 Å². The highest BCUT2D eigenvalue weighted by Crippen LogP contribution is 2.10. The molecule has 0 atom stereocenters. The molecule has 6 heteroatoms. The van der Waals surface area contributed by atoms with Crippen LogP contribution in [-0.2, 0) is 11.2 Å². The maximum atomic E-state index is 11.9. The number of benzene rings is 2. The van der Waals surface area contributed by atoms with Crippen molar-refractivity contribution in [2.45, 2.75) is 19.8 Å². The van der Waals surface area contributed by atoms with Gasteiger partial charge in [0.05, 0.1) is 6.42 Å². The number of hydrogen-bond donors (Lipinski definition) is 2. The monoisotopic (exact) mass is 401 g/mol. The van der Waals surface area contributed by atoms with E-state index in [0.29, 0.717) is 17.8 Å². The van der Waals surface area contributed by atoms with Crippen molar-refractivity contribution in [3.05, 3.63) is 70.2 Å². The molecule has 0 saturated carbocycles. The second-order valence-electron chi connectivity index (χ2n) is 5.56. The van der Waals surface area contributed by atoms with Crippen LogP contribution in [0.1, 0.15) is 29.3 Å². The molecule has 0 aromatic heterocycles. The number of amides is 2. The zero-order valence-corrected chi connectivity index (χ0v) is 15.5. The molecule has 2 N–H and O–H groups in total. The van der Waals surface area contributed by atoms with Crippen LogP contribution in [-0.4, -0.2) is 24.1 Å². The van der Waals surface area contributed by atoms with E-state index in [1.165, 1.54) is 5.56 Å². The summed E-state index contributed by atoms with van der Waals surface area (Å²) in [6.45, 7) is 2.28. The third kappa shape index (κ3) is 6.89. The zero-order chi connectivity index (χ0) is 18.1. The van der Waals surface area contributed by atoms with Crippen LogP contribution < -0.4 is 10.7 Å². The van der Waals surface area contributed by atoms with E-state index in [0.717, 1.165) is 10.9 Å². The van der Waals surface area contributed by atoms with Crippen molar-refractivity contribution in [1.82, 2.24) is 10.7 Å². The molecule has 0 saturated heterocycles. The fraction of sp³-hybridized carbons (Fsp3) is 0.211. The minimum absolute atomic E-state index is 0.116. The Morgan fingerprint density at radius 1 is 1.04 bits per heavy atom. The summed E-state index contributed by atoms with van der Waals surface area (Å²) in [6.07, 6.45) is 0.929. The Labute approximate surface area is 155 Å². The second kappa shape index (κ2) is 9.74. The number of hydrogen-bond acceptors (Lipinski definition) is 3. The fourth-order valence-corrected chi connectivity index (χ4v) is 2.40. The normalized spacial score (nSPS) is 11.0. The maximum absolute atomic E-state index is 11.9. The molecule has 2 aromatic rings. The summed E-state index contributed by atoms with van der Waals surface area (Å²) in [4.78, 5) is 23.8. The lowest BCUT2D eigenvalue weighted by Crippen LogP contribution is -2.28. The molecule has 0 radical (unpaired) electrons. The third-order valence-electron chi connectivity index (χ3n) is 3.45. The van der Waals surface area contributed by atoms with Crippen LogP contribution in [0.5, 0.6) is 0 Å². The van der Waals surface area contributed by atoms with Gasteiger partial charge in [-0.3, -0.25) is 9.59 Å². The number of hydrazone groups is 1. The van der Waals surface area contributed by atoms with E-state index in [9.17, 15) is 9.59 Å². The van der Waals surface area contributed by atoms with Gasteiger partial charge in [0.2, 0.25) is 5.91 Å². The summed E-state index contributed by atoms with van der Waals surface area (Å²) in [7, 11) is 0. The number of carbonyl (C=O) groups excluding carboxylic acids is 2. The van der Waals surface area contributed by atoms with Gasteiger partial charge in [0.15, 0.2) is 0 Å². The minimum Gasteiger partial charge on any atom is -0.355 e. The first-order chi connectivity index (χ1) is 12.0. The highest BCUT2D eigenvalue weighted by Gasteiger charge is 2.06. The molecule has 0 fully saturated rings. The lowest BCUT2D eigenvalue weighted by molar-refractivity contribution is -0.119. The summed E-state index contributed by atoms with van der Waals surface area (Å²) in [5.41, 5.74) is 4.69. The van der Waals surface area contributed by atoms with E-state index in [-0.39, 0.29) is 18.2 Å². The highest BCUT2D eigenvalue weighted by molar-refractivity contribution is 9.10. The molecular formula is C19H20BrN3O2. The number of nitrogens with zero attached hydrogens (tertiary/aromatic N) is 1. The molecule has 0 heterocycles. The molecule has 130 valence electrons. The largest absolute Gasteiger partial charge is 0.355 e. The van der Waals surface area contributed by atoms with Gasteiger partial charge in [-0.1, -0.05) is 46.3 Å². The zero-order valence-electron chi connectivity index (χ0n) is 14.0. The van der Waals surface area contributed by atoms with Gasteiger partial charge in [-0.25, -0.2) is 5.43 Å². The molecule has 25 heavy (non-hydrogen) atoms. The Morgan fingerprint density at radius 3 is 2.40 bits per heavy atom. The predicted molar refractivity (Wildman–Crippen MR) is 102 cm³/mol. The van der Waals surface area contributed by atoms with Crippen molar-refractivity contribution in [3.8, 4) is 0 Å². The Balaban J connectivity index is 1.73. The van der Waals surface area contributed by atoms with Crippen molar-refractivity contribution < 1.29 is 9.59 Å². The van der Waals surface area contributed by atoms with E-state index in [1.807, 2.05) is 30.3 Å². The Morgan fingerprint density at radius 2 is 1.72 bits per heavy atom. The summed E-state index contributed by atoms with van der Waals surface area (Å²) >= 11 is 3.32. The predicted octanol–water partition coefficient (Wildman–Crippen LogP) is 3.30. The van der Waals surface area contributed by atoms with Gasteiger partial charge < -0.3 is 5.32 Å². The van der Waals surface area contributed by atoms with E-state index >= 15 is 0 Å². The molecule has 0 spiro atoms. The topological polar surface area (TPSA) is 70.6 Å². The van der Waals surface area contributed by atoms with E-state index in [2.05, 4.69) is 31.8 Å². The first-order valence-corrected chi connectivity index (χ1v) is 8.73. The quantitative estimate of drug-likeness (QED) is 0.551. The molecule has 0 aliphatic carbocycles. The fourth-order valence-electron chi connectivity index (χ4n) is 2.14. The van der Waals surface area contributed by atoms with Gasteiger partial charge >= 0.3 is 0 Å². The summed E-state index contributed by atoms with van der Waals surface area (Å²) in [5, 5.41) is 6.82. The van der Waals surface area contributed by atoms with Crippen molar-refractivity contribution >= 4 is 33.5 Å². The van der Waals surface area contributed by atoms with Gasteiger partial charge in [-0.15, -0.1) is 0 Å². The molecule has 0 aliphatic heterocycles. The van der Waals surface area contributed by atoms with Gasteiger partial charge in [0.1, 0.15) is 0 Å². The Kier molecular flexibility index (Phi) is 7.35. The molecule has 0 unspecified atom stereocenters. The van der Waals surface area contributed by atoms with E-state index in [4.69, 9.17) is 0 Å². The average molecular weight is 402 g/mol. The lowest BCUT2D eigenvalue weighted by Gasteiger charge is -2.06. The maximum Gasteiger partial charge on any atom is 0.271 e. The van der Waals surface area contributed by atoms with E-state index in [1.54, 1.807) is 31.2 Å². The average Bonchev–Trinajstić information content (AvgIpc) is 2.61. The first kappa shape index (κ1) is 18.9.